The lowest BCUT2D eigenvalue weighted by Gasteiger charge is -2.20. The van der Waals surface area contributed by atoms with Crippen molar-refractivity contribution in [1.29, 1.82) is 0 Å². The van der Waals surface area contributed by atoms with Gasteiger partial charge in [0.25, 0.3) is 0 Å². The van der Waals surface area contributed by atoms with Crippen LogP contribution in [-0.2, 0) is 6.42 Å². The molecule has 0 saturated heterocycles. The van der Waals surface area contributed by atoms with E-state index in [2.05, 4.69) is 53.3 Å². The van der Waals surface area contributed by atoms with E-state index in [-0.39, 0.29) is 11.9 Å². The summed E-state index contributed by atoms with van der Waals surface area (Å²) >= 11 is 3.56. The SMILES string of the molecule is CCCNC(Cc1cccc(F)c1)c1cc(C)cc(Br)c1. The Kier molecular flexibility index (Phi) is 5.95. The molecule has 0 spiro atoms. The molecule has 1 atom stereocenters. The van der Waals surface area contributed by atoms with Gasteiger partial charge >= 0.3 is 0 Å². The zero-order valence-electron chi connectivity index (χ0n) is 12.5. The van der Waals surface area contributed by atoms with E-state index in [9.17, 15) is 4.39 Å². The number of aryl methyl sites for hydroxylation is 1. The molecule has 0 radical (unpaired) electrons. The van der Waals surface area contributed by atoms with E-state index in [1.807, 2.05) is 6.07 Å². The molecule has 3 heteroatoms. The van der Waals surface area contributed by atoms with Crippen molar-refractivity contribution < 1.29 is 4.39 Å². The first-order chi connectivity index (χ1) is 10.1. The first-order valence-electron chi connectivity index (χ1n) is 7.33. The van der Waals surface area contributed by atoms with Crippen LogP contribution in [-0.4, -0.2) is 6.54 Å². The van der Waals surface area contributed by atoms with Crippen LogP contribution in [0.1, 0.15) is 36.1 Å². The summed E-state index contributed by atoms with van der Waals surface area (Å²) in [5.74, 6) is -0.174. The Labute approximate surface area is 134 Å². The first kappa shape index (κ1) is 16.2. The monoisotopic (exact) mass is 349 g/mol. The van der Waals surface area contributed by atoms with E-state index < -0.39 is 0 Å². The summed E-state index contributed by atoms with van der Waals surface area (Å²) in [5, 5.41) is 3.56. The molecule has 2 aromatic rings. The van der Waals surface area contributed by atoms with E-state index in [1.165, 1.54) is 17.2 Å². The summed E-state index contributed by atoms with van der Waals surface area (Å²) in [4.78, 5) is 0. The Bertz CT molecular complexity index is 577. The van der Waals surface area contributed by atoms with E-state index in [0.717, 1.165) is 29.4 Å². The number of halogens is 2. The van der Waals surface area contributed by atoms with Crippen LogP contribution in [0.5, 0.6) is 0 Å². The largest absolute Gasteiger partial charge is 0.310 e. The van der Waals surface area contributed by atoms with Gasteiger partial charge in [-0.1, -0.05) is 41.1 Å². The molecule has 2 aromatic carbocycles. The third-order valence-electron chi connectivity index (χ3n) is 3.44. The Morgan fingerprint density at radius 1 is 1.19 bits per heavy atom. The molecule has 1 unspecified atom stereocenters. The van der Waals surface area contributed by atoms with Crippen LogP contribution < -0.4 is 5.32 Å². The highest BCUT2D eigenvalue weighted by molar-refractivity contribution is 9.10. The third kappa shape index (κ3) is 4.94. The Hall–Kier alpha value is -1.19. The average Bonchev–Trinajstić information content (AvgIpc) is 2.42. The maximum atomic E-state index is 13.4. The molecule has 1 nitrogen and oxygen atoms in total. The normalized spacial score (nSPS) is 12.4. The minimum atomic E-state index is -0.174. The summed E-state index contributed by atoms with van der Waals surface area (Å²) in [6.07, 6.45) is 1.86. The van der Waals surface area contributed by atoms with E-state index in [1.54, 1.807) is 12.1 Å². The third-order valence-corrected chi connectivity index (χ3v) is 3.89. The molecular formula is C18H21BrFN. The molecule has 0 aliphatic rings. The molecule has 0 amide bonds. The maximum Gasteiger partial charge on any atom is 0.123 e. The highest BCUT2D eigenvalue weighted by Crippen LogP contribution is 2.24. The van der Waals surface area contributed by atoms with Crippen molar-refractivity contribution in [2.45, 2.75) is 32.7 Å². The number of nitrogens with one attached hydrogen (secondary N) is 1. The Balaban J connectivity index is 2.25. The zero-order valence-corrected chi connectivity index (χ0v) is 14.1. The summed E-state index contributed by atoms with van der Waals surface area (Å²) in [6.45, 7) is 5.19. The molecule has 0 bridgehead atoms. The van der Waals surface area contributed by atoms with Gasteiger partial charge in [0.15, 0.2) is 0 Å². The average molecular weight is 350 g/mol. The van der Waals surface area contributed by atoms with Gasteiger partial charge in [-0.25, -0.2) is 4.39 Å². The fourth-order valence-corrected chi connectivity index (χ4v) is 3.12. The van der Waals surface area contributed by atoms with Gasteiger partial charge in [-0.05, 0) is 67.3 Å². The van der Waals surface area contributed by atoms with Crippen molar-refractivity contribution in [3.05, 3.63) is 69.4 Å². The van der Waals surface area contributed by atoms with Gasteiger partial charge in [0.1, 0.15) is 5.82 Å². The lowest BCUT2D eigenvalue weighted by molar-refractivity contribution is 0.527. The number of hydrogen-bond donors (Lipinski definition) is 1. The standard InChI is InChI=1S/C18H21BrFN/c1-3-7-21-18(11-14-5-4-6-17(20)10-14)15-8-13(2)9-16(19)12-15/h4-6,8-10,12,18,21H,3,7,11H2,1-2H3. The summed E-state index contributed by atoms with van der Waals surface area (Å²) in [6, 6.07) is 13.5. The number of hydrogen-bond acceptors (Lipinski definition) is 1. The Morgan fingerprint density at radius 2 is 2.00 bits per heavy atom. The lowest BCUT2D eigenvalue weighted by atomic mass is 9.97. The molecule has 0 aliphatic heterocycles. The van der Waals surface area contributed by atoms with E-state index in [4.69, 9.17) is 0 Å². The predicted octanol–water partition coefficient (Wildman–Crippen LogP) is 5.18. The second kappa shape index (κ2) is 7.71. The maximum absolute atomic E-state index is 13.4. The number of rotatable bonds is 6. The molecule has 21 heavy (non-hydrogen) atoms. The molecule has 0 saturated carbocycles. The van der Waals surface area contributed by atoms with Crippen LogP contribution in [0.4, 0.5) is 4.39 Å². The highest BCUT2D eigenvalue weighted by Gasteiger charge is 2.13. The van der Waals surface area contributed by atoms with Gasteiger partial charge in [-0.3, -0.25) is 0 Å². The molecular weight excluding hydrogens is 329 g/mol. The fourth-order valence-electron chi connectivity index (χ4n) is 2.49. The van der Waals surface area contributed by atoms with Gasteiger partial charge in [0.05, 0.1) is 0 Å². The van der Waals surface area contributed by atoms with Gasteiger partial charge < -0.3 is 5.32 Å². The molecule has 2 rings (SSSR count). The van der Waals surface area contributed by atoms with Crippen LogP contribution in [0.25, 0.3) is 0 Å². The van der Waals surface area contributed by atoms with Crippen LogP contribution in [0.15, 0.2) is 46.9 Å². The summed E-state index contributed by atoms with van der Waals surface area (Å²) < 4.78 is 14.5. The highest BCUT2D eigenvalue weighted by atomic mass is 79.9. The van der Waals surface area contributed by atoms with Crippen molar-refractivity contribution in [1.82, 2.24) is 5.32 Å². The van der Waals surface area contributed by atoms with Crippen molar-refractivity contribution in [3.8, 4) is 0 Å². The zero-order chi connectivity index (χ0) is 15.2. The van der Waals surface area contributed by atoms with Gasteiger partial charge in [0, 0.05) is 10.5 Å². The number of benzene rings is 2. The van der Waals surface area contributed by atoms with Crippen LogP contribution in [0.2, 0.25) is 0 Å². The topological polar surface area (TPSA) is 12.0 Å². The molecule has 0 aliphatic carbocycles. The van der Waals surface area contributed by atoms with Crippen molar-refractivity contribution >= 4 is 15.9 Å². The van der Waals surface area contributed by atoms with Crippen LogP contribution in [0, 0.1) is 12.7 Å². The smallest absolute Gasteiger partial charge is 0.123 e. The van der Waals surface area contributed by atoms with Crippen molar-refractivity contribution in [2.75, 3.05) is 6.54 Å². The minimum Gasteiger partial charge on any atom is -0.310 e. The second-order valence-corrected chi connectivity index (χ2v) is 6.32. The second-order valence-electron chi connectivity index (χ2n) is 5.40. The molecule has 0 fully saturated rings. The molecule has 0 heterocycles. The van der Waals surface area contributed by atoms with Crippen LogP contribution in [0.3, 0.4) is 0 Å². The minimum absolute atomic E-state index is 0.174. The van der Waals surface area contributed by atoms with Crippen molar-refractivity contribution in [2.24, 2.45) is 0 Å². The van der Waals surface area contributed by atoms with E-state index >= 15 is 0 Å². The fraction of sp³-hybridized carbons (Fsp3) is 0.333. The quantitative estimate of drug-likeness (QED) is 0.757. The predicted molar refractivity (Wildman–Crippen MR) is 90.0 cm³/mol. The van der Waals surface area contributed by atoms with Gasteiger partial charge in [-0.2, -0.15) is 0 Å². The van der Waals surface area contributed by atoms with Crippen LogP contribution >= 0.6 is 15.9 Å². The lowest BCUT2D eigenvalue weighted by Crippen LogP contribution is -2.24. The molecule has 0 aromatic heterocycles. The molecule has 1 N–H and O–H groups in total. The van der Waals surface area contributed by atoms with Crippen molar-refractivity contribution in [3.63, 3.8) is 0 Å². The first-order valence-corrected chi connectivity index (χ1v) is 8.12. The Morgan fingerprint density at radius 3 is 2.67 bits per heavy atom. The molecule has 112 valence electrons. The van der Waals surface area contributed by atoms with Gasteiger partial charge in [-0.15, -0.1) is 0 Å². The van der Waals surface area contributed by atoms with E-state index in [0.29, 0.717) is 0 Å². The summed E-state index contributed by atoms with van der Waals surface area (Å²) in [5.41, 5.74) is 3.47. The van der Waals surface area contributed by atoms with Gasteiger partial charge in [0.2, 0.25) is 0 Å². The summed E-state index contributed by atoms with van der Waals surface area (Å²) in [7, 11) is 0.